The van der Waals surface area contributed by atoms with E-state index in [4.69, 9.17) is 9.26 Å². The van der Waals surface area contributed by atoms with Crippen LogP contribution in [0.2, 0.25) is 0 Å². The molecule has 0 aliphatic carbocycles. The fraction of sp³-hybridized carbons (Fsp3) is 0.286. The molecule has 3 rings (SSSR count). The molecule has 0 aliphatic heterocycles. The van der Waals surface area contributed by atoms with Gasteiger partial charge in [0.1, 0.15) is 5.75 Å². The van der Waals surface area contributed by atoms with Crippen molar-refractivity contribution >= 4 is 11.6 Å². The van der Waals surface area contributed by atoms with Gasteiger partial charge in [0.05, 0.1) is 7.11 Å². The third kappa shape index (κ3) is 5.09. The summed E-state index contributed by atoms with van der Waals surface area (Å²) < 4.78 is 10.4. The largest absolute Gasteiger partial charge is 0.497 e. The van der Waals surface area contributed by atoms with Crippen LogP contribution in [0.25, 0.3) is 11.4 Å². The molecule has 0 spiro atoms. The lowest BCUT2D eigenvalue weighted by molar-refractivity contribution is -0.121. The average Bonchev–Trinajstić information content (AvgIpc) is 3.20. The fourth-order valence-corrected chi connectivity index (χ4v) is 2.64. The minimum atomic E-state index is -0.0547. The van der Waals surface area contributed by atoms with Crippen LogP contribution < -0.4 is 15.0 Å². The van der Waals surface area contributed by atoms with E-state index in [0.717, 1.165) is 22.6 Å². The number of hydrogen-bond acceptors (Lipinski definition) is 6. The number of aromatic nitrogens is 2. The molecule has 1 heterocycles. The van der Waals surface area contributed by atoms with Crippen molar-refractivity contribution in [2.75, 3.05) is 26.1 Å². The number of carbonyl (C=O) groups is 1. The van der Waals surface area contributed by atoms with Gasteiger partial charge in [-0.25, -0.2) is 0 Å². The number of rotatable bonds is 8. The number of hydrogen-bond donors (Lipinski definition) is 1. The molecule has 1 N–H and O–H groups in total. The maximum atomic E-state index is 12.1. The third-order valence-electron chi connectivity index (χ3n) is 4.32. The Morgan fingerprint density at radius 1 is 1.11 bits per heavy atom. The predicted octanol–water partition coefficient (Wildman–Crippen LogP) is 3.06. The highest BCUT2D eigenvalue weighted by Gasteiger charge is 2.11. The van der Waals surface area contributed by atoms with Crippen LogP contribution in [0.5, 0.6) is 5.75 Å². The minimum absolute atomic E-state index is 0.0547. The Hall–Kier alpha value is -3.35. The summed E-state index contributed by atoms with van der Waals surface area (Å²) in [5, 5.41) is 6.89. The molecule has 3 aromatic rings. The second kappa shape index (κ2) is 9.03. The second-order valence-corrected chi connectivity index (χ2v) is 6.58. The normalized spacial score (nSPS) is 10.5. The molecule has 7 heteroatoms. The van der Waals surface area contributed by atoms with Crippen molar-refractivity contribution in [2.45, 2.75) is 19.4 Å². The summed E-state index contributed by atoms with van der Waals surface area (Å²) >= 11 is 0. The third-order valence-corrected chi connectivity index (χ3v) is 4.32. The smallest absolute Gasteiger partial charge is 0.227 e. The summed E-state index contributed by atoms with van der Waals surface area (Å²) in [6, 6.07) is 15.5. The maximum Gasteiger partial charge on any atom is 0.227 e. The summed E-state index contributed by atoms with van der Waals surface area (Å²) in [6.07, 6.45) is 0.689. The molecule has 2 aromatic carbocycles. The van der Waals surface area contributed by atoms with Gasteiger partial charge in [-0.2, -0.15) is 4.98 Å². The number of nitrogens with zero attached hydrogens (tertiary/aromatic N) is 3. The van der Waals surface area contributed by atoms with E-state index in [1.54, 1.807) is 7.11 Å². The number of ether oxygens (including phenoxy) is 1. The molecule has 0 saturated heterocycles. The summed E-state index contributed by atoms with van der Waals surface area (Å²) in [5.41, 5.74) is 3.01. The van der Waals surface area contributed by atoms with Crippen LogP contribution in [0.4, 0.5) is 5.69 Å². The van der Waals surface area contributed by atoms with Gasteiger partial charge in [-0.15, -0.1) is 0 Å². The van der Waals surface area contributed by atoms with Crippen molar-refractivity contribution < 1.29 is 14.1 Å². The number of methoxy groups -OCH3 is 1. The first-order valence-electron chi connectivity index (χ1n) is 9.05. The van der Waals surface area contributed by atoms with Crippen molar-refractivity contribution in [1.29, 1.82) is 0 Å². The van der Waals surface area contributed by atoms with E-state index in [-0.39, 0.29) is 5.91 Å². The number of nitrogens with one attached hydrogen (secondary N) is 1. The van der Waals surface area contributed by atoms with Crippen LogP contribution in [-0.2, 0) is 17.8 Å². The number of amides is 1. The summed E-state index contributed by atoms with van der Waals surface area (Å²) in [7, 11) is 5.61. The maximum absolute atomic E-state index is 12.1. The van der Waals surface area contributed by atoms with Crippen LogP contribution in [0, 0.1) is 0 Å². The van der Waals surface area contributed by atoms with Gasteiger partial charge in [0.25, 0.3) is 0 Å². The molecule has 0 radical (unpaired) electrons. The van der Waals surface area contributed by atoms with Gasteiger partial charge in [0.15, 0.2) is 0 Å². The van der Waals surface area contributed by atoms with Gasteiger partial charge in [0.2, 0.25) is 17.6 Å². The molecular weight excluding hydrogens is 356 g/mol. The number of carbonyl (C=O) groups excluding carboxylic acids is 1. The quantitative estimate of drug-likeness (QED) is 0.647. The van der Waals surface area contributed by atoms with Crippen LogP contribution in [0.15, 0.2) is 53.1 Å². The molecule has 0 aliphatic rings. The zero-order chi connectivity index (χ0) is 19.9. The van der Waals surface area contributed by atoms with Crippen molar-refractivity contribution in [3.05, 3.63) is 60.0 Å². The first-order chi connectivity index (χ1) is 13.5. The lowest BCUT2D eigenvalue weighted by atomic mass is 10.2. The first-order valence-corrected chi connectivity index (χ1v) is 9.05. The van der Waals surface area contributed by atoms with Crippen molar-refractivity contribution in [1.82, 2.24) is 15.5 Å². The highest BCUT2D eigenvalue weighted by atomic mass is 16.5. The van der Waals surface area contributed by atoms with Gasteiger partial charge in [-0.1, -0.05) is 17.3 Å². The first kappa shape index (κ1) is 19.4. The van der Waals surface area contributed by atoms with Crippen molar-refractivity contribution in [2.24, 2.45) is 0 Å². The summed E-state index contributed by atoms with van der Waals surface area (Å²) in [4.78, 5) is 18.5. The standard InChI is InChI=1S/C21H24N4O3/c1-25(2)17-8-4-15(5-9-17)14-22-19(26)12-13-20-23-21(24-28-20)16-6-10-18(27-3)11-7-16/h4-11H,12-14H2,1-3H3,(H,22,26). The van der Waals surface area contributed by atoms with Gasteiger partial charge in [-0.05, 0) is 42.0 Å². The molecule has 0 atom stereocenters. The molecule has 0 fully saturated rings. The highest BCUT2D eigenvalue weighted by molar-refractivity contribution is 5.76. The Morgan fingerprint density at radius 3 is 2.46 bits per heavy atom. The molecular formula is C21H24N4O3. The van der Waals surface area contributed by atoms with Crippen LogP contribution in [0.1, 0.15) is 17.9 Å². The highest BCUT2D eigenvalue weighted by Crippen LogP contribution is 2.20. The fourth-order valence-electron chi connectivity index (χ4n) is 2.64. The van der Waals surface area contributed by atoms with E-state index in [9.17, 15) is 4.79 Å². The Labute approximate surface area is 164 Å². The summed E-state index contributed by atoms with van der Waals surface area (Å²) in [6.45, 7) is 0.494. The second-order valence-electron chi connectivity index (χ2n) is 6.58. The van der Waals surface area contributed by atoms with Crippen LogP contribution >= 0.6 is 0 Å². The van der Waals surface area contributed by atoms with Gasteiger partial charge < -0.3 is 19.5 Å². The topological polar surface area (TPSA) is 80.5 Å². The van der Waals surface area contributed by atoms with E-state index in [1.165, 1.54) is 0 Å². The Bertz CT molecular complexity index is 902. The number of benzene rings is 2. The minimum Gasteiger partial charge on any atom is -0.497 e. The predicted molar refractivity (Wildman–Crippen MR) is 107 cm³/mol. The number of anilines is 1. The average molecular weight is 380 g/mol. The molecule has 0 saturated carbocycles. The molecule has 28 heavy (non-hydrogen) atoms. The lowest BCUT2D eigenvalue weighted by Gasteiger charge is -2.12. The van der Waals surface area contributed by atoms with Crippen LogP contribution in [-0.4, -0.2) is 37.3 Å². The Morgan fingerprint density at radius 2 is 1.82 bits per heavy atom. The molecule has 1 amide bonds. The van der Waals surface area contributed by atoms with E-state index < -0.39 is 0 Å². The van der Waals surface area contributed by atoms with E-state index in [0.29, 0.717) is 31.1 Å². The zero-order valence-corrected chi connectivity index (χ0v) is 16.3. The molecule has 1 aromatic heterocycles. The summed E-state index contributed by atoms with van der Waals surface area (Å²) in [5.74, 6) is 1.65. The molecule has 7 nitrogen and oxygen atoms in total. The Kier molecular flexibility index (Phi) is 6.26. The van der Waals surface area contributed by atoms with Crippen molar-refractivity contribution in [3.8, 4) is 17.1 Å². The lowest BCUT2D eigenvalue weighted by Crippen LogP contribution is -2.23. The Balaban J connectivity index is 1.47. The monoisotopic (exact) mass is 380 g/mol. The molecule has 146 valence electrons. The van der Waals surface area contributed by atoms with E-state index in [2.05, 4.69) is 15.5 Å². The van der Waals surface area contributed by atoms with Gasteiger partial charge in [-0.3, -0.25) is 4.79 Å². The van der Waals surface area contributed by atoms with Gasteiger partial charge >= 0.3 is 0 Å². The van der Waals surface area contributed by atoms with E-state index >= 15 is 0 Å². The molecule has 0 unspecified atom stereocenters. The zero-order valence-electron chi connectivity index (χ0n) is 16.3. The van der Waals surface area contributed by atoms with E-state index in [1.807, 2.05) is 67.5 Å². The SMILES string of the molecule is COc1ccc(-c2noc(CCC(=O)NCc3ccc(N(C)C)cc3)n2)cc1. The van der Waals surface area contributed by atoms with Crippen LogP contribution in [0.3, 0.4) is 0 Å². The molecule has 0 bridgehead atoms. The van der Waals surface area contributed by atoms with Crippen molar-refractivity contribution in [3.63, 3.8) is 0 Å². The van der Waals surface area contributed by atoms with Gasteiger partial charge in [0, 0.05) is 44.7 Å². The number of aryl methyl sites for hydroxylation is 1.